The van der Waals surface area contributed by atoms with Crippen LogP contribution in [0.5, 0.6) is 0 Å². The summed E-state index contributed by atoms with van der Waals surface area (Å²) in [5, 5.41) is 1.88. The van der Waals surface area contributed by atoms with E-state index in [0.29, 0.717) is 11.3 Å². The molecule has 4 heteroatoms. The van der Waals surface area contributed by atoms with Crippen molar-refractivity contribution in [1.82, 2.24) is 4.98 Å². The van der Waals surface area contributed by atoms with Gasteiger partial charge in [0.25, 0.3) is 0 Å². The quantitative estimate of drug-likeness (QED) is 0.782. The highest BCUT2D eigenvalue weighted by atomic mass is 32.2. The lowest BCUT2D eigenvalue weighted by atomic mass is 10.2. The van der Waals surface area contributed by atoms with Crippen molar-refractivity contribution >= 4 is 38.4 Å². The Labute approximate surface area is 110 Å². The van der Waals surface area contributed by atoms with E-state index >= 15 is 0 Å². The summed E-state index contributed by atoms with van der Waals surface area (Å²) in [6.07, 6.45) is 0. The van der Waals surface area contributed by atoms with Crippen LogP contribution in [0.4, 0.5) is 5.13 Å². The maximum Gasteiger partial charge on any atom is 0.186 e. The second-order valence-electron chi connectivity index (χ2n) is 4.47. The third-order valence-electron chi connectivity index (χ3n) is 3.41. The van der Waals surface area contributed by atoms with E-state index in [4.69, 9.17) is 4.98 Å². The predicted molar refractivity (Wildman–Crippen MR) is 78.3 cm³/mol. The molecule has 1 aromatic heterocycles. The number of benzene rings is 1. The number of thiazole rings is 1. The first-order valence-electron chi connectivity index (χ1n) is 5.99. The fourth-order valence-electron chi connectivity index (χ4n) is 2.19. The van der Waals surface area contributed by atoms with E-state index in [1.807, 2.05) is 11.3 Å². The Morgan fingerprint density at radius 1 is 1.29 bits per heavy atom. The van der Waals surface area contributed by atoms with Crippen molar-refractivity contribution in [2.75, 3.05) is 17.2 Å². The van der Waals surface area contributed by atoms with Crippen molar-refractivity contribution in [3.8, 4) is 0 Å². The minimum atomic E-state index is 0.578. The van der Waals surface area contributed by atoms with Gasteiger partial charge in [-0.25, -0.2) is 4.98 Å². The van der Waals surface area contributed by atoms with Gasteiger partial charge in [-0.2, -0.15) is 11.8 Å². The fourth-order valence-corrected chi connectivity index (χ4v) is 4.37. The smallest absolute Gasteiger partial charge is 0.186 e. The molecule has 0 aliphatic carbocycles. The Morgan fingerprint density at radius 3 is 2.94 bits per heavy atom. The highest BCUT2D eigenvalue weighted by Gasteiger charge is 2.27. The van der Waals surface area contributed by atoms with E-state index in [1.165, 1.54) is 15.6 Å². The van der Waals surface area contributed by atoms with E-state index in [1.54, 1.807) is 0 Å². The molecule has 0 saturated carbocycles. The highest BCUT2D eigenvalue weighted by Crippen LogP contribution is 2.34. The molecule has 17 heavy (non-hydrogen) atoms. The lowest BCUT2D eigenvalue weighted by molar-refractivity contribution is 0.626. The number of thioether (sulfide) groups is 1. The molecule has 1 saturated heterocycles. The Balaban J connectivity index is 1.97. The summed E-state index contributed by atoms with van der Waals surface area (Å²) in [7, 11) is 0. The maximum atomic E-state index is 4.76. The van der Waals surface area contributed by atoms with Crippen LogP contribution in [0.1, 0.15) is 13.8 Å². The molecule has 90 valence electrons. The monoisotopic (exact) mass is 264 g/mol. The number of hydrogen-bond acceptors (Lipinski definition) is 4. The van der Waals surface area contributed by atoms with Gasteiger partial charge >= 0.3 is 0 Å². The van der Waals surface area contributed by atoms with Crippen molar-refractivity contribution in [1.29, 1.82) is 0 Å². The molecule has 2 atom stereocenters. The minimum Gasteiger partial charge on any atom is -0.343 e. The van der Waals surface area contributed by atoms with Crippen LogP contribution >= 0.6 is 23.1 Å². The van der Waals surface area contributed by atoms with E-state index in [2.05, 4.69) is 54.8 Å². The maximum absolute atomic E-state index is 4.76. The summed E-state index contributed by atoms with van der Waals surface area (Å²) in [5.74, 6) is 1.21. The van der Waals surface area contributed by atoms with Crippen LogP contribution < -0.4 is 4.90 Å². The van der Waals surface area contributed by atoms with E-state index < -0.39 is 0 Å². The van der Waals surface area contributed by atoms with Gasteiger partial charge in [0.1, 0.15) is 0 Å². The third kappa shape index (κ3) is 2.04. The molecule has 2 heterocycles. The Morgan fingerprint density at radius 2 is 2.12 bits per heavy atom. The highest BCUT2D eigenvalue weighted by molar-refractivity contribution is 8.00. The van der Waals surface area contributed by atoms with Gasteiger partial charge < -0.3 is 4.90 Å². The standard InChI is InChI=1S/C13H16N2S2/c1-9-10(2)16-8-7-15(9)13-14-11-5-3-4-6-12(11)17-13/h3-6,9-10H,7-8H2,1-2H3. The number of rotatable bonds is 1. The number of aromatic nitrogens is 1. The number of hydrogen-bond donors (Lipinski definition) is 0. The van der Waals surface area contributed by atoms with Crippen LogP contribution in [0.2, 0.25) is 0 Å². The van der Waals surface area contributed by atoms with Crippen molar-refractivity contribution in [2.24, 2.45) is 0 Å². The van der Waals surface area contributed by atoms with Crippen molar-refractivity contribution in [3.05, 3.63) is 24.3 Å². The molecule has 2 unspecified atom stereocenters. The van der Waals surface area contributed by atoms with Gasteiger partial charge in [-0.1, -0.05) is 30.4 Å². The number of para-hydroxylation sites is 1. The van der Waals surface area contributed by atoms with E-state index in [-0.39, 0.29) is 0 Å². The average molecular weight is 264 g/mol. The molecule has 2 aromatic rings. The Hall–Kier alpha value is -0.740. The van der Waals surface area contributed by atoms with Crippen LogP contribution in [0.15, 0.2) is 24.3 Å². The minimum absolute atomic E-state index is 0.578. The van der Waals surface area contributed by atoms with Crippen LogP contribution in [-0.4, -0.2) is 28.6 Å². The van der Waals surface area contributed by atoms with Gasteiger partial charge in [-0.3, -0.25) is 0 Å². The lowest BCUT2D eigenvalue weighted by Crippen LogP contribution is -2.44. The Bertz CT molecular complexity index is 490. The molecule has 2 nitrogen and oxygen atoms in total. The van der Waals surface area contributed by atoms with Gasteiger partial charge in [0.2, 0.25) is 0 Å². The summed E-state index contributed by atoms with van der Waals surface area (Å²) in [5.41, 5.74) is 1.13. The molecule has 1 fully saturated rings. The summed E-state index contributed by atoms with van der Waals surface area (Å²) < 4.78 is 1.29. The molecule has 1 aliphatic rings. The van der Waals surface area contributed by atoms with Gasteiger partial charge in [0.05, 0.1) is 10.2 Å². The second-order valence-corrected chi connectivity index (χ2v) is 6.97. The fraction of sp³-hybridized carbons (Fsp3) is 0.462. The van der Waals surface area contributed by atoms with Crippen molar-refractivity contribution in [3.63, 3.8) is 0 Å². The third-order valence-corrected chi connectivity index (χ3v) is 5.82. The predicted octanol–water partition coefficient (Wildman–Crippen LogP) is 3.63. The van der Waals surface area contributed by atoms with Crippen LogP contribution in [0, 0.1) is 0 Å². The number of fused-ring (bicyclic) bond motifs is 1. The largest absolute Gasteiger partial charge is 0.343 e. The van der Waals surface area contributed by atoms with Crippen molar-refractivity contribution in [2.45, 2.75) is 25.1 Å². The molecule has 0 radical (unpaired) electrons. The lowest BCUT2D eigenvalue weighted by Gasteiger charge is -2.37. The molecular weight excluding hydrogens is 248 g/mol. The average Bonchev–Trinajstić information content (AvgIpc) is 2.76. The van der Waals surface area contributed by atoms with Crippen LogP contribution in [0.3, 0.4) is 0 Å². The zero-order valence-electron chi connectivity index (χ0n) is 10.1. The molecule has 0 amide bonds. The summed E-state index contributed by atoms with van der Waals surface area (Å²) in [6.45, 7) is 5.74. The molecule has 0 bridgehead atoms. The van der Waals surface area contributed by atoms with Gasteiger partial charge in [0, 0.05) is 23.6 Å². The first kappa shape index (κ1) is 11.4. The molecular formula is C13H16N2S2. The molecule has 0 spiro atoms. The van der Waals surface area contributed by atoms with Crippen LogP contribution in [0.25, 0.3) is 10.2 Å². The van der Waals surface area contributed by atoms with E-state index in [9.17, 15) is 0 Å². The summed E-state index contributed by atoms with van der Waals surface area (Å²) >= 11 is 3.88. The first-order chi connectivity index (χ1) is 8.25. The summed E-state index contributed by atoms with van der Waals surface area (Å²) in [4.78, 5) is 7.22. The molecule has 1 aromatic carbocycles. The van der Waals surface area contributed by atoms with Crippen LogP contribution in [-0.2, 0) is 0 Å². The van der Waals surface area contributed by atoms with Gasteiger partial charge in [0.15, 0.2) is 5.13 Å². The topological polar surface area (TPSA) is 16.1 Å². The normalized spacial score (nSPS) is 25.4. The zero-order valence-corrected chi connectivity index (χ0v) is 11.7. The number of nitrogens with zero attached hydrogens (tertiary/aromatic N) is 2. The SMILES string of the molecule is CC1SCCN(c2nc3ccccc3s2)C1C. The molecule has 3 rings (SSSR count). The van der Waals surface area contributed by atoms with Crippen molar-refractivity contribution < 1.29 is 0 Å². The van der Waals surface area contributed by atoms with Gasteiger partial charge in [-0.15, -0.1) is 0 Å². The first-order valence-corrected chi connectivity index (χ1v) is 7.86. The Kier molecular flexibility index (Phi) is 3.01. The number of anilines is 1. The summed E-state index contributed by atoms with van der Waals surface area (Å²) in [6, 6.07) is 8.98. The second kappa shape index (κ2) is 4.50. The van der Waals surface area contributed by atoms with Gasteiger partial charge in [-0.05, 0) is 19.1 Å². The molecule has 1 aliphatic heterocycles. The molecule has 0 N–H and O–H groups in total. The van der Waals surface area contributed by atoms with E-state index in [0.717, 1.165) is 12.1 Å². The zero-order chi connectivity index (χ0) is 11.8.